The number of nitrogens with zero attached hydrogens (tertiary/aromatic N) is 2. The Morgan fingerprint density at radius 3 is 1.53 bits per heavy atom. The third-order valence-electron chi connectivity index (χ3n) is 14.9. The standard InChI is InChI=1S/C61H62N5O16P/c1-38-35-66(59(70)64-56(38)68)53-34-49(81-61(40-14-10-7-11-15-40,43-20-28-47(75-4)29-21-43)44-22-30-48(76-5)31-23-44)50(79-53)37-78-83(71,72)82-55-51(80-57(54(55)62)65-33-32-52(67)63-58(65)69)36-77-60(39-12-8-6-9-13-39,41-16-24-45(73-2)25-17-41)42-18-26-46(74-3)27-19-42/h6-33,35,49-51,53-55,57H,34,36-37,62H2,1-5H3,(H,71,72)(H,63,67,69)(H,64,68,70)/t49-,50+,51+,53+,54+,55+,57+/m0/s1. The van der Waals surface area contributed by atoms with E-state index in [0.29, 0.717) is 56.4 Å². The van der Waals surface area contributed by atoms with Crippen LogP contribution in [0.1, 0.15) is 57.8 Å². The molecule has 0 spiro atoms. The van der Waals surface area contributed by atoms with Gasteiger partial charge in [0.1, 0.15) is 58.7 Å². The van der Waals surface area contributed by atoms with E-state index in [1.807, 2.05) is 109 Å². The molecule has 8 aromatic rings. The number of ether oxygens (including phenoxy) is 8. The second kappa shape index (κ2) is 24.7. The summed E-state index contributed by atoms with van der Waals surface area (Å²) in [6.07, 6.45) is -5.14. The molecule has 0 saturated carbocycles. The van der Waals surface area contributed by atoms with Gasteiger partial charge in [0.05, 0.1) is 53.8 Å². The van der Waals surface area contributed by atoms with Crippen molar-refractivity contribution >= 4 is 7.82 Å². The number of hydrogen-bond donors (Lipinski definition) is 4. The number of aromatic amines is 2. The number of aromatic nitrogens is 4. The fraction of sp³-hybridized carbons (Fsp3) is 0.279. The van der Waals surface area contributed by atoms with Gasteiger partial charge < -0.3 is 48.5 Å². The number of benzene rings is 6. The van der Waals surface area contributed by atoms with Gasteiger partial charge in [0.2, 0.25) is 0 Å². The summed E-state index contributed by atoms with van der Waals surface area (Å²) in [5.74, 6) is 2.32. The molecule has 22 heteroatoms. The average molecular weight is 1150 g/mol. The predicted molar refractivity (Wildman–Crippen MR) is 304 cm³/mol. The molecule has 2 aliphatic rings. The normalized spacial score (nSPS) is 20.6. The van der Waals surface area contributed by atoms with Crippen molar-refractivity contribution in [1.29, 1.82) is 0 Å². The molecule has 0 amide bonds. The van der Waals surface area contributed by atoms with Crippen LogP contribution in [-0.4, -0.2) is 96.1 Å². The first kappa shape index (κ1) is 58.0. The van der Waals surface area contributed by atoms with Gasteiger partial charge in [-0.15, -0.1) is 0 Å². The highest BCUT2D eigenvalue weighted by atomic mass is 31.2. The molecule has 8 atom stereocenters. The van der Waals surface area contributed by atoms with Crippen LogP contribution in [0.25, 0.3) is 0 Å². The lowest BCUT2D eigenvalue weighted by Crippen LogP contribution is -2.45. The summed E-state index contributed by atoms with van der Waals surface area (Å²) in [4.78, 5) is 68.5. The quantitative estimate of drug-likeness (QED) is 0.0400. The molecule has 2 saturated heterocycles. The lowest BCUT2D eigenvalue weighted by molar-refractivity contribution is -0.104. The highest BCUT2D eigenvalue weighted by molar-refractivity contribution is 7.47. The van der Waals surface area contributed by atoms with E-state index in [9.17, 15) is 28.6 Å². The van der Waals surface area contributed by atoms with Crippen molar-refractivity contribution in [2.24, 2.45) is 5.73 Å². The molecule has 0 bridgehead atoms. The number of nitrogens with one attached hydrogen (secondary N) is 2. The predicted octanol–water partition coefficient (Wildman–Crippen LogP) is 6.83. The number of hydrogen-bond acceptors (Lipinski definition) is 16. The fourth-order valence-electron chi connectivity index (χ4n) is 10.7. The van der Waals surface area contributed by atoms with Crippen molar-refractivity contribution in [3.8, 4) is 23.0 Å². The molecule has 2 fully saturated rings. The van der Waals surface area contributed by atoms with Crippen molar-refractivity contribution in [2.45, 2.75) is 67.5 Å². The van der Waals surface area contributed by atoms with Gasteiger partial charge in [-0.3, -0.25) is 37.7 Å². The second-order valence-corrected chi connectivity index (χ2v) is 21.2. The SMILES string of the molecule is COc1ccc(C(OC[C@H]2O[C@@H](n3ccc(=O)[nH]c3=O)[C@H](N)[C@@H]2OP(=O)(O)OC[C@H]2O[C@@H](n3cc(C)c(=O)[nH]c3=O)C[C@@H]2OC(c2ccccc2)(c2ccc(OC)cc2)c2ccc(OC)cc2)(c2ccccc2)c2ccc(OC)cc2)cc1. The zero-order chi connectivity index (χ0) is 58.5. The van der Waals surface area contributed by atoms with E-state index in [2.05, 4.69) is 9.97 Å². The number of phosphoric ester groups is 1. The molecule has 432 valence electrons. The van der Waals surface area contributed by atoms with Gasteiger partial charge in [-0.25, -0.2) is 14.2 Å². The zero-order valence-electron chi connectivity index (χ0n) is 45.9. The summed E-state index contributed by atoms with van der Waals surface area (Å²) in [6.45, 7) is 0.467. The topological polar surface area (TPSA) is 265 Å². The number of methoxy groups -OCH3 is 4. The Balaban J connectivity index is 1.02. The summed E-state index contributed by atoms with van der Waals surface area (Å²) < 4.78 is 79.1. The Hall–Kier alpha value is -8.21. The summed E-state index contributed by atoms with van der Waals surface area (Å²) >= 11 is 0. The zero-order valence-corrected chi connectivity index (χ0v) is 46.8. The van der Waals surface area contributed by atoms with Gasteiger partial charge in [0.25, 0.3) is 11.1 Å². The van der Waals surface area contributed by atoms with Crippen molar-refractivity contribution in [2.75, 3.05) is 41.7 Å². The maximum absolute atomic E-state index is 14.8. The molecule has 2 aliphatic heterocycles. The minimum Gasteiger partial charge on any atom is -0.497 e. The third-order valence-corrected chi connectivity index (χ3v) is 15.9. The molecular weight excluding hydrogens is 1090 g/mol. The molecular formula is C61H62N5O16P. The van der Waals surface area contributed by atoms with Gasteiger partial charge >= 0.3 is 19.2 Å². The Kier molecular flexibility index (Phi) is 17.3. The first-order valence-electron chi connectivity index (χ1n) is 26.5. The first-order chi connectivity index (χ1) is 40.1. The van der Waals surface area contributed by atoms with Gasteiger partial charge in [0, 0.05) is 30.4 Å². The van der Waals surface area contributed by atoms with Crippen molar-refractivity contribution in [3.63, 3.8) is 0 Å². The van der Waals surface area contributed by atoms with Crippen LogP contribution < -0.4 is 47.2 Å². The maximum Gasteiger partial charge on any atom is 0.472 e. The van der Waals surface area contributed by atoms with E-state index in [1.54, 1.807) is 83.9 Å². The minimum atomic E-state index is -5.32. The highest BCUT2D eigenvalue weighted by Crippen LogP contribution is 2.51. The molecule has 2 aromatic heterocycles. The summed E-state index contributed by atoms with van der Waals surface area (Å²) in [7, 11) is 0.909. The molecule has 4 heterocycles. The first-order valence-corrected chi connectivity index (χ1v) is 28.0. The Bertz CT molecular complexity index is 3690. The largest absolute Gasteiger partial charge is 0.497 e. The maximum atomic E-state index is 14.8. The summed E-state index contributed by atoms with van der Waals surface area (Å²) in [5.41, 5.74) is 5.35. The smallest absolute Gasteiger partial charge is 0.472 e. The van der Waals surface area contributed by atoms with Crippen LogP contribution in [0.4, 0.5) is 0 Å². The van der Waals surface area contributed by atoms with Gasteiger partial charge in [0.15, 0.2) is 6.23 Å². The van der Waals surface area contributed by atoms with Gasteiger partial charge in [-0.2, -0.15) is 0 Å². The van der Waals surface area contributed by atoms with E-state index in [1.165, 1.54) is 17.0 Å². The monoisotopic (exact) mass is 1150 g/mol. The third kappa shape index (κ3) is 11.9. The molecule has 6 aromatic carbocycles. The molecule has 10 rings (SSSR count). The van der Waals surface area contributed by atoms with Crippen molar-refractivity contribution < 1.29 is 56.4 Å². The van der Waals surface area contributed by atoms with Gasteiger partial charge in [-0.05, 0) is 88.8 Å². The van der Waals surface area contributed by atoms with Crippen LogP contribution in [0.2, 0.25) is 0 Å². The fourth-order valence-corrected chi connectivity index (χ4v) is 11.7. The van der Waals surface area contributed by atoms with Crippen LogP contribution in [0, 0.1) is 6.92 Å². The van der Waals surface area contributed by atoms with Crippen molar-refractivity contribution in [3.05, 3.63) is 257 Å². The highest BCUT2D eigenvalue weighted by Gasteiger charge is 2.52. The van der Waals surface area contributed by atoms with Crippen LogP contribution in [0.3, 0.4) is 0 Å². The molecule has 1 unspecified atom stereocenters. The van der Waals surface area contributed by atoms with Crippen LogP contribution in [-0.2, 0) is 43.8 Å². The summed E-state index contributed by atoms with van der Waals surface area (Å²) in [6, 6.07) is 47.7. The minimum absolute atomic E-state index is 0.0429. The lowest BCUT2D eigenvalue weighted by Gasteiger charge is -2.39. The molecule has 83 heavy (non-hydrogen) atoms. The van der Waals surface area contributed by atoms with E-state index in [4.69, 9.17) is 52.7 Å². The van der Waals surface area contributed by atoms with E-state index >= 15 is 0 Å². The van der Waals surface area contributed by atoms with Crippen molar-refractivity contribution in [1.82, 2.24) is 19.1 Å². The number of aryl methyl sites for hydroxylation is 1. The summed E-state index contributed by atoms with van der Waals surface area (Å²) in [5, 5.41) is 0. The number of rotatable bonds is 22. The number of nitrogens with two attached hydrogens (primary N) is 1. The van der Waals surface area contributed by atoms with Crippen LogP contribution >= 0.6 is 7.82 Å². The Morgan fingerprint density at radius 2 is 1.05 bits per heavy atom. The average Bonchev–Trinajstić information content (AvgIpc) is 4.22. The Morgan fingerprint density at radius 1 is 0.590 bits per heavy atom. The number of phosphoric acid groups is 1. The second-order valence-electron chi connectivity index (χ2n) is 19.8. The number of H-pyrrole nitrogens is 2. The molecule has 5 N–H and O–H groups in total. The van der Waals surface area contributed by atoms with Crippen LogP contribution in [0.15, 0.2) is 195 Å². The van der Waals surface area contributed by atoms with E-state index in [-0.39, 0.29) is 12.0 Å². The van der Waals surface area contributed by atoms with Crippen LogP contribution in [0.5, 0.6) is 23.0 Å². The molecule has 0 radical (unpaired) electrons. The van der Waals surface area contributed by atoms with E-state index in [0.717, 1.165) is 10.6 Å². The Labute approximate surface area is 476 Å². The van der Waals surface area contributed by atoms with E-state index < -0.39 is 97.7 Å². The lowest BCUT2D eigenvalue weighted by atomic mass is 9.79. The molecule has 21 nitrogen and oxygen atoms in total. The molecule has 0 aliphatic carbocycles. The van der Waals surface area contributed by atoms with Gasteiger partial charge in [-0.1, -0.05) is 109 Å².